The molecule has 0 unspecified atom stereocenters. The Hall–Kier alpha value is -1.32. The summed E-state index contributed by atoms with van der Waals surface area (Å²) in [5.41, 5.74) is 1.31. The van der Waals surface area contributed by atoms with Gasteiger partial charge < -0.3 is 9.64 Å². The molecular weight excluding hydrogens is 242 g/mol. The summed E-state index contributed by atoms with van der Waals surface area (Å²) in [5, 5.41) is 0. The maximum Gasteiger partial charge on any atom is 0.336 e. The van der Waals surface area contributed by atoms with Crippen molar-refractivity contribution in [3.63, 3.8) is 0 Å². The first-order valence-electron chi connectivity index (χ1n) is 7.24. The highest BCUT2D eigenvalue weighted by atomic mass is 16.5. The van der Waals surface area contributed by atoms with Gasteiger partial charge in [-0.1, -0.05) is 32.1 Å². The van der Waals surface area contributed by atoms with Crippen LogP contribution in [0.2, 0.25) is 0 Å². The number of carbonyl (C=O) groups excluding carboxylic acids is 2. The molecule has 2 rings (SSSR count). The molecule has 4 nitrogen and oxygen atoms in total. The Bertz CT molecular complexity index is 383. The molecule has 0 aromatic heterocycles. The lowest BCUT2D eigenvalue weighted by atomic mass is 9.85. The van der Waals surface area contributed by atoms with Gasteiger partial charge in [-0.15, -0.1) is 0 Å². The van der Waals surface area contributed by atoms with Crippen LogP contribution in [0, 0.1) is 5.92 Å². The van der Waals surface area contributed by atoms with Crippen LogP contribution in [0.3, 0.4) is 0 Å². The fourth-order valence-electron chi connectivity index (χ4n) is 3.19. The van der Waals surface area contributed by atoms with E-state index in [1.165, 1.54) is 32.1 Å². The quantitative estimate of drug-likeness (QED) is 0.567. The molecule has 0 aromatic carbocycles. The Morgan fingerprint density at radius 2 is 2.05 bits per heavy atom. The third-order valence-electron chi connectivity index (χ3n) is 4.38. The lowest BCUT2D eigenvalue weighted by Gasteiger charge is -2.30. The van der Waals surface area contributed by atoms with Gasteiger partial charge in [0, 0.05) is 6.04 Å². The fraction of sp³-hybridized carbons (Fsp3) is 0.733. The van der Waals surface area contributed by atoms with E-state index >= 15 is 0 Å². The molecule has 1 atom stereocenters. The summed E-state index contributed by atoms with van der Waals surface area (Å²) in [4.78, 5) is 24.4. The number of carbonyl (C=O) groups is 2. The molecule has 0 spiro atoms. The topological polar surface area (TPSA) is 46.6 Å². The number of nitrogens with zero attached hydrogens (tertiary/aromatic N) is 1. The molecule has 1 aliphatic heterocycles. The number of esters is 1. The van der Waals surface area contributed by atoms with Gasteiger partial charge in [0.25, 0.3) is 0 Å². The standard InChI is InChI=1S/C15H23NO3/c1-11(8-13-6-4-3-5-7-13)16(10-17)14-9-19-15(18)12(14)2/h10-11,13H,3-9H2,1-2H3/t11-/m0/s1. The molecule has 106 valence electrons. The molecule has 1 saturated carbocycles. The minimum absolute atomic E-state index is 0.139. The van der Waals surface area contributed by atoms with Crippen LogP contribution in [0.25, 0.3) is 0 Å². The second kappa shape index (κ2) is 6.22. The monoisotopic (exact) mass is 265 g/mol. The van der Waals surface area contributed by atoms with Gasteiger partial charge in [-0.05, 0) is 26.2 Å². The molecular formula is C15H23NO3. The molecule has 19 heavy (non-hydrogen) atoms. The van der Waals surface area contributed by atoms with Crippen LogP contribution < -0.4 is 0 Å². The summed E-state index contributed by atoms with van der Waals surface area (Å²) in [7, 11) is 0. The van der Waals surface area contributed by atoms with E-state index in [0.717, 1.165) is 18.5 Å². The van der Waals surface area contributed by atoms with Gasteiger partial charge in [0.1, 0.15) is 6.61 Å². The molecule has 0 N–H and O–H groups in total. The number of hydrogen-bond acceptors (Lipinski definition) is 3. The third-order valence-corrected chi connectivity index (χ3v) is 4.38. The van der Waals surface area contributed by atoms with Crippen molar-refractivity contribution in [2.45, 2.75) is 58.4 Å². The minimum atomic E-state index is -0.299. The van der Waals surface area contributed by atoms with Crippen molar-refractivity contribution in [2.24, 2.45) is 5.92 Å². The van der Waals surface area contributed by atoms with E-state index < -0.39 is 0 Å². The first-order chi connectivity index (χ1) is 9.13. The van der Waals surface area contributed by atoms with E-state index in [9.17, 15) is 9.59 Å². The lowest BCUT2D eigenvalue weighted by Crippen LogP contribution is -2.34. The molecule has 1 heterocycles. The van der Waals surface area contributed by atoms with Gasteiger partial charge in [-0.25, -0.2) is 4.79 Å². The van der Waals surface area contributed by atoms with E-state index in [0.29, 0.717) is 11.5 Å². The van der Waals surface area contributed by atoms with Crippen LogP contribution in [0.5, 0.6) is 0 Å². The minimum Gasteiger partial charge on any atom is -0.456 e. The zero-order valence-electron chi connectivity index (χ0n) is 11.9. The van der Waals surface area contributed by atoms with E-state index in [1.807, 2.05) is 0 Å². The summed E-state index contributed by atoms with van der Waals surface area (Å²) >= 11 is 0. The van der Waals surface area contributed by atoms with Crippen LogP contribution in [-0.4, -0.2) is 29.9 Å². The molecule has 4 heteroatoms. The smallest absolute Gasteiger partial charge is 0.336 e. The normalized spacial score (nSPS) is 22.3. The Balaban J connectivity index is 2.00. The molecule has 1 fully saturated rings. The van der Waals surface area contributed by atoms with Gasteiger partial charge in [-0.2, -0.15) is 0 Å². The lowest BCUT2D eigenvalue weighted by molar-refractivity contribution is -0.136. The Labute approximate surface area is 114 Å². The first kappa shape index (κ1) is 14.1. The van der Waals surface area contributed by atoms with Crippen molar-refractivity contribution < 1.29 is 14.3 Å². The van der Waals surface area contributed by atoms with Crippen molar-refractivity contribution in [3.05, 3.63) is 11.3 Å². The van der Waals surface area contributed by atoms with Gasteiger partial charge in [0.05, 0.1) is 11.3 Å². The summed E-state index contributed by atoms with van der Waals surface area (Å²) in [6.45, 7) is 4.03. The first-order valence-corrected chi connectivity index (χ1v) is 7.24. The Kier molecular flexibility index (Phi) is 4.61. The van der Waals surface area contributed by atoms with Crippen molar-refractivity contribution in [2.75, 3.05) is 6.61 Å². The van der Waals surface area contributed by atoms with E-state index in [4.69, 9.17) is 4.74 Å². The van der Waals surface area contributed by atoms with Crippen molar-refractivity contribution in [3.8, 4) is 0 Å². The van der Waals surface area contributed by atoms with Crippen LogP contribution in [-0.2, 0) is 14.3 Å². The SMILES string of the molecule is CC1=C(N(C=O)[C@@H](C)CC2CCCCC2)COC1=O. The van der Waals surface area contributed by atoms with Crippen molar-refractivity contribution >= 4 is 12.4 Å². The molecule has 0 aromatic rings. The second-order valence-corrected chi connectivity index (χ2v) is 5.75. The number of hydrogen-bond donors (Lipinski definition) is 0. The maximum absolute atomic E-state index is 11.4. The van der Waals surface area contributed by atoms with Crippen LogP contribution in [0.15, 0.2) is 11.3 Å². The van der Waals surface area contributed by atoms with Crippen molar-refractivity contribution in [1.29, 1.82) is 0 Å². The van der Waals surface area contributed by atoms with Crippen LogP contribution in [0.4, 0.5) is 0 Å². The maximum atomic E-state index is 11.4. The number of rotatable bonds is 5. The molecule has 0 saturated heterocycles. The van der Waals surface area contributed by atoms with Gasteiger partial charge >= 0.3 is 5.97 Å². The zero-order valence-corrected chi connectivity index (χ0v) is 11.9. The predicted molar refractivity (Wildman–Crippen MR) is 72.2 cm³/mol. The van der Waals surface area contributed by atoms with E-state index in [2.05, 4.69) is 6.92 Å². The molecule has 2 aliphatic rings. The highest BCUT2D eigenvalue weighted by Gasteiger charge is 2.29. The summed E-state index contributed by atoms with van der Waals surface area (Å²) < 4.78 is 4.99. The number of ether oxygens (including phenoxy) is 1. The molecule has 0 bridgehead atoms. The van der Waals surface area contributed by atoms with Crippen LogP contribution in [0.1, 0.15) is 52.4 Å². The van der Waals surface area contributed by atoms with Gasteiger partial charge in [0.2, 0.25) is 6.41 Å². The molecule has 1 aliphatic carbocycles. The number of amides is 1. The van der Waals surface area contributed by atoms with Gasteiger partial charge in [0.15, 0.2) is 0 Å². The summed E-state index contributed by atoms with van der Waals surface area (Å²) in [6, 6.07) is 0.139. The average molecular weight is 265 g/mol. The highest BCUT2D eigenvalue weighted by Crippen LogP contribution is 2.30. The largest absolute Gasteiger partial charge is 0.456 e. The molecule has 0 radical (unpaired) electrons. The Morgan fingerprint density at radius 1 is 1.37 bits per heavy atom. The third kappa shape index (κ3) is 3.17. The number of cyclic esters (lactones) is 1. The molecule has 1 amide bonds. The van der Waals surface area contributed by atoms with Crippen LogP contribution >= 0.6 is 0 Å². The fourth-order valence-corrected chi connectivity index (χ4v) is 3.19. The van der Waals surface area contributed by atoms with E-state index in [1.54, 1.807) is 11.8 Å². The second-order valence-electron chi connectivity index (χ2n) is 5.75. The highest BCUT2D eigenvalue weighted by molar-refractivity contribution is 5.91. The predicted octanol–water partition coefficient (Wildman–Crippen LogP) is 2.63. The van der Waals surface area contributed by atoms with Gasteiger partial charge in [-0.3, -0.25) is 4.79 Å². The van der Waals surface area contributed by atoms with Crippen molar-refractivity contribution in [1.82, 2.24) is 4.90 Å². The zero-order chi connectivity index (χ0) is 13.8. The summed E-state index contributed by atoms with van der Waals surface area (Å²) in [6.07, 6.45) is 8.35. The summed E-state index contributed by atoms with van der Waals surface area (Å²) in [5.74, 6) is 0.414. The van der Waals surface area contributed by atoms with E-state index in [-0.39, 0.29) is 18.6 Å². The average Bonchev–Trinajstić information content (AvgIpc) is 2.73. The Morgan fingerprint density at radius 3 is 2.58 bits per heavy atom.